The van der Waals surface area contributed by atoms with Gasteiger partial charge in [0.1, 0.15) is 10.9 Å². The number of hydrogen-bond acceptors (Lipinski definition) is 6. The molecule has 120 valence electrons. The Hall–Kier alpha value is -2.87. The molecule has 0 atom stereocenters. The maximum Gasteiger partial charge on any atom is 0.340 e. The van der Waals surface area contributed by atoms with Crippen LogP contribution >= 0.6 is 11.6 Å². The van der Waals surface area contributed by atoms with Crippen LogP contribution in [0.15, 0.2) is 41.1 Å². The summed E-state index contributed by atoms with van der Waals surface area (Å²) in [6.07, 6.45) is 2.68. The molecule has 2 N–H and O–H groups in total. The summed E-state index contributed by atoms with van der Waals surface area (Å²) in [6, 6.07) is 5.44. The van der Waals surface area contributed by atoms with E-state index in [1.165, 1.54) is 24.6 Å². The Kier molecular flexibility index (Phi) is 5.70. The molecule has 2 aromatic heterocycles. The Morgan fingerprint density at radius 2 is 2.09 bits per heavy atom. The Bertz CT molecular complexity index is 685. The summed E-state index contributed by atoms with van der Waals surface area (Å²) in [4.78, 5) is 38.3. The smallest absolute Gasteiger partial charge is 0.340 e. The molecule has 0 unspecified atom stereocenters. The topological polar surface area (TPSA) is 111 Å². The average molecular weight is 338 g/mol. The van der Waals surface area contributed by atoms with Crippen LogP contribution in [-0.4, -0.2) is 29.5 Å². The van der Waals surface area contributed by atoms with Crippen LogP contribution in [0.1, 0.15) is 16.1 Å². The number of carbonyl (C=O) groups excluding carboxylic acids is 3. The molecule has 0 spiro atoms. The van der Waals surface area contributed by atoms with E-state index in [0.29, 0.717) is 5.76 Å². The second-order valence-corrected chi connectivity index (χ2v) is 4.64. The number of carbonyl (C=O) groups is 3. The lowest BCUT2D eigenvalue weighted by Crippen LogP contribution is -2.41. The minimum atomic E-state index is -0.766. The standard InChI is InChI=1S/C14H12ClN3O5/c15-11-4-3-9(6-16-11)13(20)23-8-12(19)18-14(21)17-7-10-2-1-5-22-10/h1-6H,7-8H2,(H2,17,18,19,21). The van der Waals surface area contributed by atoms with Gasteiger partial charge >= 0.3 is 12.0 Å². The van der Waals surface area contributed by atoms with Crippen LogP contribution < -0.4 is 10.6 Å². The highest BCUT2D eigenvalue weighted by molar-refractivity contribution is 6.29. The number of rotatable bonds is 5. The van der Waals surface area contributed by atoms with E-state index in [4.69, 9.17) is 20.8 Å². The zero-order chi connectivity index (χ0) is 16.7. The number of amides is 3. The zero-order valence-electron chi connectivity index (χ0n) is 11.7. The minimum absolute atomic E-state index is 0.127. The summed E-state index contributed by atoms with van der Waals surface area (Å²) >= 11 is 5.59. The predicted octanol–water partition coefficient (Wildman–Crippen LogP) is 1.51. The van der Waals surface area contributed by atoms with Crippen molar-refractivity contribution in [1.82, 2.24) is 15.6 Å². The predicted molar refractivity (Wildman–Crippen MR) is 78.6 cm³/mol. The van der Waals surface area contributed by atoms with Crippen molar-refractivity contribution in [3.8, 4) is 0 Å². The Labute approximate surface area is 135 Å². The van der Waals surface area contributed by atoms with E-state index < -0.39 is 24.5 Å². The fourth-order valence-electron chi connectivity index (χ4n) is 1.50. The number of urea groups is 1. The fourth-order valence-corrected chi connectivity index (χ4v) is 1.61. The molecule has 0 aliphatic heterocycles. The lowest BCUT2D eigenvalue weighted by Gasteiger charge is -2.06. The van der Waals surface area contributed by atoms with Gasteiger partial charge in [-0.1, -0.05) is 11.6 Å². The van der Waals surface area contributed by atoms with E-state index in [0.717, 1.165) is 0 Å². The van der Waals surface area contributed by atoms with Crippen molar-refractivity contribution < 1.29 is 23.5 Å². The zero-order valence-corrected chi connectivity index (χ0v) is 12.5. The molecule has 2 heterocycles. The number of hydrogen-bond donors (Lipinski definition) is 2. The number of halogens is 1. The minimum Gasteiger partial charge on any atom is -0.467 e. The monoisotopic (exact) mass is 337 g/mol. The second kappa shape index (κ2) is 7.95. The van der Waals surface area contributed by atoms with E-state index in [9.17, 15) is 14.4 Å². The van der Waals surface area contributed by atoms with Gasteiger partial charge in [0.05, 0.1) is 18.4 Å². The number of esters is 1. The second-order valence-electron chi connectivity index (χ2n) is 4.26. The van der Waals surface area contributed by atoms with Crippen molar-refractivity contribution >= 4 is 29.5 Å². The van der Waals surface area contributed by atoms with Gasteiger partial charge < -0.3 is 14.5 Å². The fraction of sp³-hybridized carbons (Fsp3) is 0.143. The van der Waals surface area contributed by atoms with Gasteiger partial charge in [-0.05, 0) is 24.3 Å². The van der Waals surface area contributed by atoms with Crippen LogP contribution in [0.5, 0.6) is 0 Å². The van der Waals surface area contributed by atoms with Crippen molar-refractivity contribution in [3.05, 3.63) is 53.2 Å². The lowest BCUT2D eigenvalue weighted by atomic mass is 10.3. The van der Waals surface area contributed by atoms with E-state index in [2.05, 4.69) is 10.3 Å². The maximum absolute atomic E-state index is 11.6. The molecule has 0 fully saturated rings. The Morgan fingerprint density at radius 3 is 2.74 bits per heavy atom. The lowest BCUT2D eigenvalue weighted by molar-refractivity contribution is -0.123. The van der Waals surface area contributed by atoms with Crippen molar-refractivity contribution in [3.63, 3.8) is 0 Å². The third kappa shape index (κ3) is 5.44. The molecule has 23 heavy (non-hydrogen) atoms. The Morgan fingerprint density at radius 1 is 1.26 bits per heavy atom. The van der Waals surface area contributed by atoms with Gasteiger partial charge in [0.25, 0.3) is 5.91 Å². The van der Waals surface area contributed by atoms with Crippen LogP contribution in [-0.2, 0) is 16.1 Å². The number of nitrogens with one attached hydrogen (secondary N) is 2. The average Bonchev–Trinajstić information content (AvgIpc) is 3.05. The molecular formula is C14H12ClN3O5. The summed E-state index contributed by atoms with van der Waals surface area (Å²) in [5.41, 5.74) is 0.143. The first-order chi connectivity index (χ1) is 11.0. The van der Waals surface area contributed by atoms with Crippen molar-refractivity contribution in [2.45, 2.75) is 6.54 Å². The van der Waals surface area contributed by atoms with Gasteiger partial charge in [-0.2, -0.15) is 0 Å². The largest absolute Gasteiger partial charge is 0.467 e. The summed E-state index contributed by atoms with van der Waals surface area (Å²) in [5, 5.41) is 4.65. The summed E-state index contributed by atoms with van der Waals surface area (Å²) < 4.78 is 9.76. The van der Waals surface area contributed by atoms with E-state index >= 15 is 0 Å². The number of pyridine rings is 1. The maximum atomic E-state index is 11.6. The van der Waals surface area contributed by atoms with Crippen molar-refractivity contribution in [1.29, 1.82) is 0 Å². The molecule has 8 nitrogen and oxygen atoms in total. The van der Waals surface area contributed by atoms with Gasteiger partial charge in [0.2, 0.25) is 0 Å². The number of nitrogens with zero attached hydrogens (tertiary/aromatic N) is 1. The molecule has 0 saturated heterocycles. The molecule has 0 bridgehead atoms. The summed E-state index contributed by atoms with van der Waals surface area (Å²) in [5.74, 6) is -0.980. The highest BCUT2D eigenvalue weighted by atomic mass is 35.5. The third-order valence-electron chi connectivity index (χ3n) is 2.55. The highest BCUT2D eigenvalue weighted by Gasteiger charge is 2.13. The van der Waals surface area contributed by atoms with Crippen LogP contribution in [0.3, 0.4) is 0 Å². The molecule has 9 heteroatoms. The first-order valence-electron chi connectivity index (χ1n) is 6.43. The van der Waals surface area contributed by atoms with E-state index in [1.807, 2.05) is 5.32 Å². The van der Waals surface area contributed by atoms with E-state index in [1.54, 1.807) is 12.1 Å². The molecule has 2 rings (SSSR count). The Balaban J connectivity index is 1.70. The normalized spacial score (nSPS) is 9.96. The van der Waals surface area contributed by atoms with Crippen LogP contribution in [0.2, 0.25) is 5.15 Å². The number of ether oxygens (including phenoxy) is 1. The van der Waals surface area contributed by atoms with Gasteiger partial charge in [-0.15, -0.1) is 0 Å². The van der Waals surface area contributed by atoms with Crippen LogP contribution in [0.25, 0.3) is 0 Å². The SMILES string of the molecule is O=C(COC(=O)c1ccc(Cl)nc1)NC(=O)NCc1ccco1. The number of imide groups is 1. The van der Waals surface area contributed by atoms with Gasteiger partial charge in [-0.3, -0.25) is 10.1 Å². The van der Waals surface area contributed by atoms with Crippen molar-refractivity contribution in [2.75, 3.05) is 6.61 Å². The van der Waals surface area contributed by atoms with E-state index in [-0.39, 0.29) is 17.3 Å². The molecule has 0 radical (unpaired) electrons. The first-order valence-corrected chi connectivity index (χ1v) is 6.81. The van der Waals surface area contributed by atoms with Gasteiger partial charge in [-0.25, -0.2) is 14.6 Å². The highest BCUT2D eigenvalue weighted by Crippen LogP contribution is 2.06. The summed E-state index contributed by atoms with van der Waals surface area (Å²) in [7, 11) is 0. The quantitative estimate of drug-likeness (QED) is 0.632. The number of aromatic nitrogens is 1. The summed E-state index contributed by atoms with van der Waals surface area (Å²) in [6.45, 7) is -0.474. The molecule has 3 amide bonds. The molecule has 2 aromatic rings. The van der Waals surface area contributed by atoms with Crippen LogP contribution in [0.4, 0.5) is 4.79 Å². The molecule has 0 aromatic carbocycles. The van der Waals surface area contributed by atoms with Crippen molar-refractivity contribution in [2.24, 2.45) is 0 Å². The van der Waals surface area contributed by atoms with Gasteiger partial charge in [0.15, 0.2) is 6.61 Å². The first kappa shape index (κ1) is 16.5. The number of furan rings is 1. The molecular weight excluding hydrogens is 326 g/mol. The third-order valence-corrected chi connectivity index (χ3v) is 2.78. The molecule has 0 aliphatic carbocycles. The molecule has 0 aliphatic rings. The van der Waals surface area contributed by atoms with Crippen LogP contribution in [0, 0.1) is 0 Å². The van der Waals surface area contributed by atoms with Gasteiger partial charge in [0, 0.05) is 6.20 Å². The molecule has 0 saturated carbocycles.